The first kappa shape index (κ1) is 16.9. The van der Waals surface area contributed by atoms with E-state index in [1.54, 1.807) is 4.90 Å². The molecule has 0 radical (unpaired) electrons. The van der Waals surface area contributed by atoms with E-state index >= 15 is 0 Å². The van der Waals surface area contributed by atoms with Gasteiger partial charge in [0.25, 0.3) is 0 Å². The average molecular weight is 323 g/mol. The monoisotopic (exact) mass is 323 g/mol. The lowest BCUT2D eigenvalue weighted by molar-refractivity contribution is -0.908. The van der Waals surface area contributed by atoms with Gasteiger partial charge in [0.2, 0.25) is 5.91 Å². The summed E-state index contributed by atoms with van der Waals surface area (Å²) in [5.41, 5.74) is -1.04. The summed E-state index contributed by atoms with van der Waals surface area (Å²) in [6, 6.07) is 0. The molecule has 1 heterocycles. The Bertz CT molecular complexity index is 498. The van der Waals surface area contributed by atoms with Crippen LogP contribution in [0, 0.1) is 16.2 Å². The first-order valence-electron chi connectivity index (χ1n) is 9.06. The summed E-state index contributed by atoms with van der Waals surface area (Å²) in [5, 5.41) is 3.14. The zero-order chi connectivity index (χ0) is 16.7. The predicted octanol–water partition coefficient (Wildman–Crippen LogP) is 0.193. The van der Waals surface area contributed by atoms with E-state index in [1.807, 2.05) is 0 Å². The zero-order valence-electron chi connectivity index (χ0n) is 14.8. The molecule has 1 amide bonds. The lowest BCUT2D eigenvalue weighted by Gasteiger charge is -2.38. The molecule has 2 saturated carbocycles. The molecule has 2 bridgehead atoms. The second-order valence-corrected chi connectivity index (χ2v) is 8.36. The topological polar surface area (TPSA) is 59.8 Å². The van der Waals surface area contributed by atoms with Crippen LogP contribution in [0.2, 0.25) is 0 Å². The van der Waals surface area contributed by atoms with E-state index in [9.17, 15) is 9.59 Å². The maximum Gasteiger partial charge on any atom is 0.227 e. The van der Waals surface area contributed by atoms with Gasteiger partial charge in [-0.25, -0.2) is 0 Å². The number of nitrogens with one attached hydrogen (secondary N) is 2. The van der Waals surface area contributed by atoms with Crippen LogP contribution in [0.1, 0.15) is 46.5 Å². The third-order valence-electron chi connectivity index (χ3n) is 7.33. The molecule has 3 aliphatic rings. The molecule has 5 heteroatoms. The summed E-state index contributed by atoms with van der Waals surface area (Å²) < 4.78 is 5.36. The molecule has 3 rings (SSSR count). The number of morpholine rings is 1. The van der Waals surface area contributed by atoms with Crippen molar-refractivity contribution in [1.29, 1.82) is 0 Å². The maximum absolute atomic E-state index is 12.9. The first-order chi connectivity index (χ1) is 10.8. The summed E-state index contributed by atoms with van der Waals surface area (Å²) in [5.74, 6) is 0.385. The Morgan fingerprint density at radius 1 is 1.22 bits per heavy atom. The molecule has 23 heavy (non-hydrogen) atoms. The van der Waals surface area contributed by atoms with E-state index < -0.39 is 5.41 Å². The Morgan fingerprint density at radius 2 is 1.91 bits per heavy atom. The molecule has 1 aliphatic heterocycles. The molecule has 5 nitrogen and oxygen atoms in total. The highest BCUT2D eigenvalue weighted by atomic mass is 16.5. The Morgan fingerprint density at radius 3 is 2.48 bits per heavy atom. The van der Waals surface area contributed by atoms with E-state index in [1.165, 1.54) is 0 Å². The molecule has 2 aliphatic carbocycles. The number of ether oxygens (including phenoxy) is 1. The van der Waals surface area contributed by atoms with Gasteiger partial charge in [0, 0.05) is 24.8 Å². The number of fused-ring (bicyclic) bond motifs is 2. The van der Waals surface area contributed by atoms with Gasteiger partial charge in [-0.05, 0) is 18.3 Å². The van der Waals surface area contributed by atoms with Crippen molar-refractivity contribution in [2.45, 2.75) is 46.5 Å². The lowest BCUT2D eigenvalue weighted by atomic mass is 9.64. The Kier molecular flexibility index (Phi) is 4.30. The van der Waals surface area contributed by atoms with Crippen molar-refractivity contribution >= 4 is 11.7 Å². The van der Waals surface area contributed by atoms with Gasteiger partial charge in [-0.1, -0.05) is 20.8 Å². The fourth-order valence-corrected chi connectivity index (χ4v) is 4.98. The SMILES string of the molecule is CC1(C)[C@@]2(C(=O)NCCC[NH+]3CCOCC3)CC[C@]1(C)C(=O)C2. The lowest BCUT2D eigenvalue weighted by Crippen LogP contribution is -3.14. The zero-order valence-corrected chi connectivity index (χ0v) is 14.8. The van der Waals surface area contributed by atoms with Crippen molar-refractivity contribution in [2.24, 2.45) is 16.2 Å². The summed E-state index contributed by atoms with van der Waals surface area (Å²) in [6.07, 6.45) is 3.12. The highest BCUT2D eigenvalue weighted by Gasteiger charge is 2.72. The van der Waals surface area contributed by atoms with Crippen molar-refractivity contribution in [3.63, 3.8) is 0 Å². The number of Topliss-reactive ketones (excluding diaryl/α,β-unsaturated/α-hetero) is 1. The predicted molar refractivity (Wildman–Crippen MR) is 87.2 cm³/mol. The van der Waals surface area contributed by atoms with Crippen LogP contribution in [0.15, 0.2) is 0 Å². The molecule has 3 fully saturated rings. The molecule has 2 atom stereocenters. The number of rotatable bonds is 5. The molecule has 1 saturated heterocycles. The quantitative estimate of drug-likeness (QED) is 0.710. The number of quaternary nitrogens is 1. The molecule has 0 aromatic carbocycles. The number of carbonyl (C=O) groups excluding carboxylic acids is 2. The summed E-state index contributed by atoms with van der Waals surface area (Å²) >= 11 is 0. The smallest absolute Gasteiger partial charge is 0.227 e. The van der Waals surface area contributed by atoms with E-state index in [0.29, 0.717) is 13.0 Å². The van der Waals surface area contributed by atoms with Crippen LogP contribution in [0.4, 0.5) is 0 Å². The van der Waals surface area contributed by atoms with E-state index in [-0.39, 0.29) is 22.5 Å². The fourth-order valence-electron chi connectivity index (χ4n) is 4.98. The van der Waals surface area contributed by atoms with Gasteiger partial charge in [-0.15, -0.1) is 0 Å². The standard InChI is InChI=1S/C18H30N2O3/c1-16(2)17(3)5-6-18(16,13-14(17)21)15(22)19-7-4-8-20-9-11-23-12-10-20/h4-13H2,1-3H3,(H,19,22)/p+1/t17-,18+/m1/s1. The maximum atomic E-state index is 12.9. The van der Waals surface area contributed by atoms with Crippen molar-refractivity contribution in [1.82, 2.24) is 5.32 Å². The fraction of sp³-hybridized carbons (Fsp3) is 0.889. The van der Waals surface area contributed by atoms with Crippen LogP contribution in [0.25, 0.3) is 0 Å². The second kappa shape index (κ2) is 5.85. The van der Waals surface area contributed by atoms with Crippen molar-refractivity contribution in [3.8, 4) is 0 Å². The molecular formula is C18H31N2O3+. The van der Waals surface area contributed by atoms with Crippen LogP contribution in [0.5, 0.6) is 0 Å². The van der Waals surface area contributed by atoms with Crippen LogP contribution < -0.4 is 10.2 Å². The summed E-state index contributed by atoms with van der Waals surface area (Å²) in [4.78, 5) is 26.9. The Labute approximate surface area is 139 Å². The van der Waals surface area contributed by atoms with Gasteiger partial charge >= 0.3 is 0 Å². The van der Waals surface area contributed by atoms with Gasteiger partial charge in [0.15, 0.2) is 0 Å². The van der Waals surface area contributed by atoms with E-state index in [4.69, 9.17) is 4.74 Å². The van der Waals surface area contributed by atoms with Gasteiger partial charge in [-0.3, -0.25) is 9.59 Å². The number of hydrogen-bond donors (Lipinski definition) is 2. The summed E-state index contributed by atoms with van der Waals surface area (Å²) in [6.45, 7) is 11.9. The van der Waals surface area contributed by atoms with Crippen molar-refractivity contribution < 1.29 is 19.2 Å². The van der Waals surface area contributed by atoms with Gasteiger partial charge < -0.3 is 15.0 Å². The molecular weight excluding hydrogens is 292 g/mol. The average Bonchev–Trinajstić information content (AvgIpc) is 2.83. The number of hydrogen-bond acceptors (Lipinski definition) is 3. The molecule has 0 spiro atoms. The Hall–Kier alpha value is -0.940. The van der Waals surface area contributed by atoms with Crippen molar-refractivity contribution in [2.75, 3.05) is 39.4 Å². The molecule has 2 N–H and O–H groups in total. The molecule has 0 unspecified atom stereocenters. The third-order valence-corrected chi connectivity index (χ3v) is 7.33. The molecule has 130 valence electrons. The van der Waals surface area contributed by atoms with Gasteiger partial charge in [0.05, 0.1) is 25.2 Å². The van der Waals surface area contributed by atoms with Gasteiger partial charge in [0.1, 0.15) is 18.9 Å². The van der Waals surface area contributed by atoms with Crippen LogP contribution in [0.3, 0.4) is 0 Å². The number of amides is 1. The second-order valence-electron chi connectivity index (χ2n) is 8.36. The van der Waals surface area contributed by atoms with Crippen molar-refractivity contribution in [3.05, 3.63) is 0 Å². The minimum atomic E-state index is -0.481. The normalized spacial score (nSPS) is 36.4. The minimum Gasteiger partial charge on any atom is -0.370 e. The third kappa shape index (κ3) is 2.43. The van der Waals surface area contributed by atoms with Crippen LogP contribution in [-0.4, -0.2) is 51.1 Å². The van der Waals surface area contributed by atoms with Crippen LogP contribution >= 0.6 is 0 Å². The molecule has 0 aromatic heterocycles. The highest BCUT2D eigenvalue weighted by Crippen LogP contribution is 2.70. The highest BCUT2D eigenvalue weighted by molar-refractivity contribution is 5.99. The largest absolute Gasteiger partial charge is 0.370 e. The summed E-state index contributed by atoms with van der Waals surface area (Å²) in [7, 11) is 0. The first-order valence-corrected chi connectivity index (χ1v) is 9.06. The van der Waals surface area contributed by atoms with Crippen LogP contribution in [-0.2, 0) is 14.3 Å². The Balaban J connectivity index is 1.53. The van der Waals surface area contributed by atoms with E-state index in [2.05, 4.69) is 26.1 Å². The number of carbonyl (C=O) groups is 2. The van der Waals surface area contributed by atoms with E-state index in [0.717, 1.165) is 52.1 Å². The minimum absolute atomic E-state index is 0.106. The number of ketones is 1. The molecule has 0 aromatic rings. The van der Waals surface area contributed by atoms with Gasteiger partial charge in [-0.2, -0.15) is 0 Å².